The molecular formula is C22H35N5O2. The summed E-state index contributed by atoms with van der Waals surface area (Å²) in [6, 6.07) is 0. The van der Waals surface area contributed by atoms with Crippen LogP contribution < -0.4 is 0 Å². The van der Waals surface area contributed by atoms with Crippen molar-refractivity contribution in [2.24, 2.45) is 5.41 Å². The fourth-order valence-corrected chi connectivity index (χ4v) is 5.21. The Labute approximate surface area is 173 Å². The smallest absolute Gasteiger partial charge is 0.236 e. The molecule has 0 radical (unpaired) electrons. The SMILES string of the molecule is O=C(CN1CCCCCC1)N1CCC2(CCC(=O)N(CCc3cnc[nH]3)C2)CC1. The van der Waals surface area contributed by atoms with E-state index in [1.165, 1.54) is 25.7 Å². The molecule has 0 saturated carbocycles. The number of aromatic amines is 1. The molecule has 0 bridgehead atoms. The number of hydrogen-bond donors (Lipinski definition) is 1. The fourth-order valence-electron chi connectivity index (χ4n) is 5.21. The number of nitrogens with one attached hydrogen (secondary N) is 1. The van der Waals surface area contributed by atoms with Crippen molar-refractivity contribution in [3.8, 4) is 0 Å². The summed E-state index contributed by atoms with van der Waals surface area (Å²) >= 11 is 0. The lowest BCUT2D eigenvalue weighted by molar-refractivity contribution is -0.142. The molecule has 3 saturated heterocycles. The Morgan fingerprint density at radius 1 is 1.07 bits per heavy atom. The van der Waals surface area contributed by atoms with E-state index < -0.39 is 0 Å². The van der Waals surface area contributed by atoms with E-state index in [4.69, 9.17) is 0 Å². The Morgan fingerprint density at radius 2 is 1.83 bits per heavy atom. The molecule has 29 heavy (non-hydrogen) atoms. The highest BCUT2D eigenvalue weighted by atomic mass is 16.2. The van der Waals surface area contributed by atoms with Gasteiger partial charge in [0.05, 0.1) is 12.9 Å². The van der Waals surface area contributed by atoms with Crippen LogP contribution in [-0.2, 0) is 16.0 Å². The first-order chi connectivity index (χ1) is 14.1. The number of carbonyl (C=O) groups is 2. The van der Waals surface area contributed by atoms with Crippen LogP contribution in [0.5, 0.6) is 0 Å². The zero-order valence-corrected chi connectivity index (χ0v) is 17.6. The van der Waals surface area contributed by atoms with Crippen molar-refractivity contribution in [2.75, 3.05) is 45.8 Å². The van der Waals surface area contributed by atoms with E-state index in [1.54, 1.807) is 6.33 Å². The molecule has 3 fully saturated rings. The molecule has 160 valence electrons. The van der Waals surface area contributed by atoms with E-state index in [0.29, 0.717) is 18.9 Å². The maximum atomic E-state index is 12.8. The van der Waals surface area contributed by atoms with Crippen LogP contribution in [0.4, 0.5) is 0 Å². The van der Waals surface area contributed by atoms with E-state index in [-0.39, 0.29) is 11.3 Å². The molecule has 1 aromatic rings. The van der Waals surface area contributed by atoms with Gasteiger partial charge in [-0.2, -0.15) is 0 Å². The quantitative estimate of drug-likeness (QED) is 0.820. The second-order valence-corrected chi connectivity index (χ2v) is 9.21. The lowest BCUT2D eigenvalue weighted by Gasteiger charge is -2.47. The molecule has 1 aromatic heterocycles. The molecule has 2 amide bonds. The first-order valence-electron chi connectivity index (χ1n) is 11.4. The predicted octanol–water partition coefficient (Wildman–Crippen LogP) is 2.06. The van der Waals surface area contributed by atoms with Gasteiger partial charge in [-0.15, -0.1) is 0 Å². The zero-order valence-electron chi connectivity index (χ0n) is 17.6. The number of hydrogen-bond acceptors (Lipinski definition) is 4. The number of rotatable bonds is 5. The Kier molecular flexibility index (Phi) is 6.53. The van der Waals surface area contributed by atoms with Gasteiger partial charge in [0.1, 0.15) is 0 Å². The largest absolute Gasteiger partial charge is 0.348 e. The Morgan fingerprint density at radius 3 is 2.52 bits per heavy atom. The average molecular weight is 402 g/mol. The maximum Gasteiger partial charge on any atom is 0.236 e. The summed E-state index contributed by atoms with van der Waals surface area (Å²) in [6.45, 7) is 5.99. The molecule has 0 atom stereocenters. The average Bonchev–Trinajstić information content (AvgIpc) is 3.13. The standard InChI is InChI=1S/C22H35N5O2/c28-20-5-7-22(17-27(20)12-6-19-15-23-18-24-19)8-13-26(14-9-22)21(29)16-25-10-3-1-2-4-11-25/h15,18H,1-14,16-17H2,(H,23,24). The molecule has 7 nitrogen and oxygen atoms in total. The van der Waals surface area contributed by atoms with Gasteiger partial charge in [0.15, 0.2) is 0 Å². The summed E-state index contributed by atoms with van der Waals surface area (Å²) in [6.07, 6.45) is 13.0. The first kappa shape index (κ1) is 20.4. The Balaban J connectivity index is 1.27. The summed E-state index contributed by atoms with van der Waals surface area (Å²) in [5.74, 6) is 0.569. The molecule has 3 aliphatic heterocycles. The van der Waals surface area contributed by atoms with E-state index in [1.807, 2.05) is 11.1 Å². The number of imidazole rings is 1. The van der Waals surface area contributed by atoms with Gasteiger partial charge in [-0.05, 0) is 50.6 Å². The molecular weight excluding hydrogens is 366 g/mol. The van der Waals surface area contributed by atoms with Crippen LogP contribution >= 0.6 is 0 Å². The van der Waals surface area contributed by atoms with Crippen LogP contribution in [0.25, 0.3) is 0 Å². The van der Waals surface area contributed by atoms with Gasteiger partial charge in [-0.3, -0.25) is 14.5 Å². The van der Waals surface area contributed by atoms with Crippen LogP contribution in [0, 0.1) is 5.41 Å². The number of amides is 2. The second-order valence-electron chi connectivity index (χ2n) is 9.21. The molecule has 4 rings (SSSR count). The zero-order chi connectivity index (χ0) is 20.1. The lowest BCUT2D eigenvalue weighted by atomic mass is 9.72. The third-order valence-corrected chi connectivity index (χ3v) is 7.19. The second kappa shape index (κ2) is 9.28. The summed E-state index contributed by atoms with van der Waals surface area (Å²) in [4.78, 5) is 38.9. The predicted molar refractivity (Wildman–Crippen MR) is 111 cm³/mol. The van der Waals surface area contributed by atoms with Crippen molar-refractivity contribution in [1.29, 1.82) is 0 Å². The van der Waals surface area contributed by atoms with Crippen LogP contribution in [0.1, 0.15) is 57.1 Å². The highest BCUT2D eigenvalue weighted by Crippen LogP contribution is 2.40. The summed E-state index contributed by atoms with van der Waals surface area (Å²) in [7, 11) is 0. The van der Waals surface area contributed by atoms with E-state index in [2.05, 4.69) is 19.8 Å². The lowest BCUT2D eigenvalue weighted by Crippen LogP contribution is -2.53. The highest BCUT2D eigenvalue weighted by molar-refractivity contribution is 5.79. The number of nitrogens with zero attached hydrogens (tertiary/aromatic N) is 4. The van der Waals surface area contributed by atoms with E-state index in [9.17, 15) is 9.59 Å². The maximum absolute atomic E-state index is 12.8. The molecule has 7 heteroatoms. The monoisotopic (exact) mass is 401 g/mol. The van der Waals surface area contributed by atoms with Gasteiger partial charge in [0.2, 0.25) is 11.8 Å². The van der Waals surface area contributed by atoms with Crippen LogP contribution in [-0.4, -0.2) is 82.3 Å². The topological polar surface area (TPSA) is 72.5 Å². The van der Waals surface area contributed by atoms with Crippen LogP contribution in [0.3, 0.4) is 0 Å². The number of likely N-dealkylation sites (tertiary alicyclic amines) is 3. The molecule has 1 N–H and O–H groups in total. The van der Waals surface area contributed by atoms with Crippen LogP contribution in [0.15, 0.2) is 12.5 Å². The number of carbonyl (C=O) groups excluding carboxylic acids is 2. The molecule has 0 aromatic carbocycles. The van der Waals surface area contributed by atoms with E-state index >= 15 is 0 Å². The molecule has 3 aliphatic rings. The third-order valence-electron chi connectivity index (χ3n) is 7.19. The third kappa shape index (κ3) is 5.18. The molecule has 1 spiro atoms. The number of H-pyrrole nitrogens is 1. The minimum absolute atomic E-state index is 0.196. The van der Waals surface area contributed by atoms with Gasteiger partial charge in [-0.1, -0.05) is 12.8 Å². The van der Waals surface area contributed by atoms with Gasteiger partial charge in [0.25, 0.3) is 0 Å². The van der Waals surface area contributed by atoms with Gasteiger partial charge >= 0.3 is 0 Å². The van der Waals surface area contributed by atoms with Gasteiger partial charge in [0, 0.05) is 50.9 Å². The minimum atomic E-state index is 0.196. The Hall–Kier alpha value is -1.89. The summed E-state index contributed by atoms with van der Waals surface area (Å²) in [5, 5.41) is 0. The van der Waals surface area contributed by atoms with Crippen molar-refractivity contribution in [3.05, 3.63) is 18.2 Å². The summed E-state index contributed by atoms with van der Waals surface area (Å²) < 4.78 is 0. The normalized spacial score (nSPS) is 23.4. The van der Waals surface area contributed by atoms with Crippen molar-refractivity contribution < 1.29 is 9.59 Å². The minimum Gasteiger partial charge on any atom is -0.348 e. The number of aromatic nitrogens is 2. The van der Waals surface area contributed by atoms with E-state index in [0.717, 1.165) is 70.6 Å². The first-order valence-corrected chi connectivity index (χ1v) is 11.4. The highest BCUT2D eigenvalue weighted by Gasteiger charge is 2.41. The number of piperidine rings is 2. The van der Waals surface area contributed by atoms with Crippen molar-refractivity contribution in [3.63, 3.8) is 0 Å². The molecule has 0 aliphatic carbocycles. The summed E-state index contributed by atoms with van der Waals surface area (Å²) in [5.41, 5.74) is 1.27. The van der Waals surface area contributed by atoms with Gasteiger partial charge < -0.3 is 14.8 Å². The van der Waals surface area contributed by atoms with Crippen molar-refractivity contribution >= 4 is 11.8 Å². The van der Waals surface area contributed by atoms with Gasteiger partial charge in [-0.25, -0.2) is 4.98 Å². The fraction of sp³-hybridized carbons (Fsp3) is 0.773. The molecule has 4 heterocycles. The van der Waals surface area contributed by atoms with Crippen LogP contribution in [0.2, 0.25) is 0 Å². The molecule has 0 unspecified atom stereocenters. The van der Waals surface area contributed by atoms with Crippen molar-refractivity contribution in [2.45, 2.75) is 57.8 Å². The Bertz CT molecular complexity index is 673. The van der Waals surface area contributed by atoms with Crippen molar-refractivity contribution in [1.82, 2.24) is 24.7 Å².